The first kappa shape index (κ1) is 17.2. The van der Waals surface area contributed by atoms with Gasteiger partial charge < -0.3 is 19.9 Å². The molecule has 5 heteroatoms. The van der Waals surface area contributed by atoms with Crippen LogP contribution in [0.1, 0.15) is 33.1 Å². The Bertz CT molecular complexity index is 229. The minimum absolute atomic E-state index is 0.236. The molecular weight excluding hydrogens is 262 g/mol. The van der Waals surface area contributed by atoms with E-state index in [0.717, 1.165) is 6.54 Å². The monoisotopic (exact) mass is 291 g/mol. The second-order valence-electron chi connectivity index (χ2n) is 5.52. The van der Waals surface area contributed by atoms with Crippen LogP contribution in [0.5, 0.6) is 0 Å². The van der Waals surface area contributed by atoms with Crippen molar-refractivity contribution < 1.29 is 14.6 Å². The van der Waals surface area contributed by atoms with Gasteiger partial charge in [0.1, 0.15) is 0 Å². The van der Waals surface area contributed by atoms with Crippen molar-refractivity contribution in [3.8, 4) is 0 Å². The molecular formula is C14H29NO3S. The van der Waals surface area contributed by atoms with E-state index in [4.69, 9.17) is 9.47 Å². The molecule has 0 aromatic carbocycles. The van der Waals surface area contributed by atoms with Crippen LogP contribution in [0.25, 0.3) is 0 Å². The molecule has 19 heavy (non-hydrogen) atoms. The molecule has 1 aliphatic carbocycles. The summed E-state index contributed by atoms with van der Waals surface area (Å²) in [6.07, 6.45) is 5.90. The SMILES string of the molecule is CSC1(CNCC(O)COCCOC(C)C)CCC1. The number of rotatable bonds is 11. The second kappa shape index (κ2) is 9.19. The van der Waals surface area contributed by atoms with Gasteiger partial charge in [-0.05, 0) is 32.9 Å². The van der Waals surface area contributed by atoms with Crippen LogP contribution in [0.2, 0.25) is 0 Å². The fraction of sp³-hybridized carbons (Fsp3) is 1.00. The Morgan fingerprint density at radius 2 is 2.05 bits per heavy atom. The largest absolute Gasteiger partial charge is 0.389 e. The number of thioether (sulfide) groups is 1. The lowest BCUT2D eigenvalue weighted by Gasteiger charge is -2.40. The van der Waals surface area contributed by atoms with Crippen LogP contribution >= 0.6 is 11.8 Å². The Balaban J connectivity index is 1.94. The van der Waals surface area contributed by atoms with Gasteiger partial charge in [0.05, 0.1) is 32.0 Å². The van der Waals surface area contributed by atoms with Gasteiger partial charge in [-0.25, -0.2) is 0 Å². The maximum atomic E-state index is 9.78. The molecule has 1 aliphatic rings. The van der Waals surface area contributed by atoms with Crippen molar-refractivity contribution in [2.24, 2.45) is 0 Å². The summed E-state index contributed by atoms with van der Waals surface area (Å²) >= 11 is 1.95. The summed E-state index contributed by atoms with van der Waals surface area (Å²) in [7, 11) is 0. The summed E-state index contributed by atoms with van der Waals surface area (Å²) in [4.78, 5) is 0. The summed E-state index contributed by atoms with van der Waals surface area (Å²) in [6.45, 7) is 7.11. The zero-order chi connectivity index (χ0) is 14.1. The summed E-state index contributed by atoms with van der Waals surface area (Å²) in [5.41, 5.74) is 0. The van der Waals surface area contributed by atoms with Crippen LogP contribution in [-0.4, -0.2) is 61.2 Å². The molecule has 1 unspecified atom stereocenters. The van der Waals surface area contributed by atoms with Gasteiger partial charge in [-0.2, -0.15) is 11.8 Å². The number of aliphatic hydroxyl groups is 1. The predicted molar refractivity (Wildman–Crippen MR) is 80.9 cm³/mol. The third kappa shape index (κ3) is 6.95. The number of hydrogen-bond donors (Lipinski definition) is 2. The molecule has 0 aliphatic heterocycles. The molecule has 2 N–H and O–H groups in total. The molecule has 114 valence electrons. The van der Waals surface area contributed by atoms with E-state index in [9.17, 15) is 5.11 Å². The van der Waals surface area contributed by atoms with Crippen molar-refractivity contribution in [3.63, 3.8) is 0 Å². The van der Waals surface area contributed by atoms with Crippen LogP contribution in [0, 0.1) is 0 Å². The summed E-state index contributed by atoms with van der Waals surface area (Å²) < 4.78 is 11.2. The molecule has 0 amide bonds. The number of ether oxygens (including phenoxy) is 2. The Labute approximate surface area is 121 Å². The predicted octanol–water partition coefficient (Wildman–Crippen LogP) is 1.66. The van der Waals surface area contributed by atoms with E-state index in [0.29, 0.717) is 31.1 Å². The first-order valence-corrected chi connectivity index (χ1v) is 8.44. The first-order chi connectivity index (χ1) is 9.08. The van der Waals surface area contributed by atoms with E-state index in [1.165, 1.54) is 19.3 Å². The van der Waals surface area contributed by atoms with Crippen LogP contribution in [0.15, 0.2) is 0 Å². The average molecular weight is 291 g/mol. The fourth-order valence-corrected chi connectivity index (χ4v) is 3.06. The van der Waals surface area contributed by atoms with Crippen molar-refractivity contribution in [2.75, 3.05) is 39.2 Å². The third-order valence-corrected chi connectivity index (χ3v) is 4.93. The highest BCUT2D eigenvalue weighted by atomic mass is 32.2. The lowest BCUT2D eigenvalue weighted by Crippen LogP contribution is -2.45. The number of aliphatic hydroxyl groups excluding tert-OH is 1. The van der Waals surface area contributed by atoms with E-state index < -0.39 is 6.10 Å². The molecule has 0 aromatic rings. The third-order valence-electron chi connectivity index (χ3n) is 3.51. The molecule has 1 fully saturated rings. The normalized spacial score (nSPS) is 19.4. The van der Waals surface area contributed by atoms with Crippen molar-refractivity contribution in [1.82, 2.24) is 5.32 Å². The minimum Gasteiger partial charge on any atom is -0.389 e. The molecule has 1 atom stereocenters. The standard InChI is InChI=1S/C14H29NO3S/c1-12(2)18-8-7-17-10-13(16)9-15-11-14(19-3)5-4-6-14/h12-13,15-16H,4-11H2,1-3H3. The Kier molecular flexibility index (Phi) is 8.34. The molecule has 4 nitrogen and oxygen atoms in total. The molecule has 0 bridgehead atoms. The fourth-order valence-electron chi connectivity index (χ4n) is 2.11. The van der Waals surface area contributed by atoms with Crippen molar-refractivity contribution in [2.45, 2.75) is 50.1 Å². The van der Waals surface area contributed by atoms with Crippen molar-refractivity contribution in [3.05, 3.63) is 0 Å². The highest BCUT2D eigenvalue weighted by molar-refractivity contribution is 8.00. The maximum Gasteiger partial charge on any atom is 0.0897 e. The van der Waals surface area contributed by atoms with E-state index in [1.54, 1.807) is 0 Å². The quantitative estimate of drug-likeness (QED) is 0.567. The van der Waals surface area contributed by atoms with Crippen molar-refractivity contribution >= 4 is 11.8 Å². The molecule has 1 saturated carbocycles. The van der Waals surface area contributed by atoms with Crippen molar-refractivity contribution in [1.29, 1.82) is 0 Å². The molecule has 0 aromatic heterocycles. The molecule has 0 spiro atoms. The van der Waals surface area contributed by atoms with E-state index in [1.807, 2.05) is 25.6 Å². The Morgan fingerprint density at radius 3 is 2.58 bits per heavy atom. The zero-order valence-electron chi connectivity index (χ0n) is 12.5. The van der Waals surface area contributed by atoms with E-state index >= 15 is 0 Å². The van der Waals surface area contributed by atoms with E-state index in [-0.39, 0.29) is 6.10 Å². The average Bonchev–Trinajstić information content (AvgIpc) is 2.32. The minimum atomic E-state index is -0.432. The molecule has 0 heterocycles. The summed E-state index contributed by atoms with van der Waals surface area (Å²) in [5.74, 6) is 0. The van der Waals surface area contributed by atoms with Gasteiger partial charge in [0.2, 0.25) is 0 Å². The van der Waals surface area contributed by atoms with Gasteiger partial charge in [-0.1, -0.05) is 6.42 Å². The van der Waals surface area contributed by atoms with Gasteiger partial charge in [-0.15, -0.1) is 0 Å². The Morgan fingerprint density at radius 1 is 1.32 bits per heavy atom. The van der Waals surface area contributed by atoms with Gasteiger partial charge in [0, 0.05) is 17.8 Å². The smallest absolute Gasteiger partial charge is 0.0897 e. The number of hydrogen-bond acceptors (Lipinski definition) is 5. The van der Waals surface area contributed by atoms with E-state index in [2.05, 4.69) is 11.6 Å². The lowest BCUT2D eigenvalue weighted by molar-refractivity contribution is -0.0101. The first-order valence-electron chi connectivity index (χ1n) is 7.21. The van der Waals surface area contributed by atoms with Gasteiger partial charge in [0.15, 0.2) is 0 Å². The molecule has 1 rings (SSSR count). The maximum absolute atomic E-state index is 9.78. The highest BCUT2D eigenvalue weighted by Crippen LogP contribution is 2.42. The van der Waals surface area contributed by atoms with Crippen LogP contribution < -0.4 is 5.32 Å². The van der Waals surface area contributed by atoms with Gasteiger partial charge >= 0.3 is 0 Å². The second-order valence-corrected chi connectivity index (χ2v) is 6.79. The summed E-state index contributed by atoms with van der Waals surface area (Å²) in [6, 6.07) is 0. The van der Waals surface area contributed by atoms with Gasteiger partial charge in [0.25, 0.3) is 0 Å². The van der Waals surface area contributed by atoms with Crippen LogP contribution in [0.4, 0.5) is 0 Å². The van der Waals surface area contributed by atoms with Crippen LogP contribution in [-0.2, 0) is 9.47 Å². The molecule has 0 saturated heterocycles. The number of nitrogens with one attached hydrogen (secondary N) is 1. The topological polar surface area (TPSA) is 50.7 Å². The highest BCUT2D eigenvalue weighted by Gasteiger charge is 2.35. The zero-order valence-corrected chi connectivity index (χ0v) is 13.3. The Hall–Kier alpha value is 0.190. The lowest BCUT2D eigenvalue weighted by atomic mass is 9.84. The van der Waals surface area contributed by atoms with Gasteiger partial charge in [-0.3, -0.25) is 0 Å². The molecule has 0 radical (unpaired) electrons. The van der Waals surface area contributed by atoms with Crippen LogP contribution in [0.3, 0.4) is 0 Å². The summed E-state index contributed by atoms with van der Waals surface area (Å²) in [5, 5.41) is 13.1.